The summed E-state index contributed by atoms with van der Waals surface area (Å²) in [4.78, 5) is 43.3. The molecule has 0 spiro atoms. The lowest BCUT2D eigenvalue weighted by molar-refractivity contribution is -0.141. The van der Waals surface area contributed by atoms with Gasteiger partial charge in [-0.15, -0.1) is 0 Å². The maximum Gasteiger partial charge on any atom is 0.333 e. The van der Waals surface area contributed by atoms with Crippen molar-refractivity contribution in [2.75, 3.05) is 20.2 Å². The molecule has 34 heavy (non-hydrogen) atoms. The van der Waals surface area contributed by atoms with E-state index in [9.17, 15) is 14.4 Å². The number of nitrogens with one attached hydrogen (secondary N) is 1. The van der Waals surface area contributed by atoms with Gasteiger partial charge < -0.3 is 15.0 Å². The Hall–Kier alpha value is -1.89. The van der Waals surface area contributed by atoms with Crippen LogP contribution in [0.1, 0.15) is 87.5 Å². The molecule has 0 aromatic rings. The van der Waals surface area contributed by atoms with Gasteiger partial charge in [0.05, 0.1) is 18.7 Å². The molecule has 0 saturated carbocycles. The Bertz CT molecular complexity index is 706. The summed E-state index contributed by atoms with van der Waals surface area (Å²) in [6, 6.07) is -0.759. The first-order chi connectivity index (χ1) is 16.0. The Morgan fingerprint density at radius 2 is 1.74 bits per heavy atom. The summed E-state index contributed by atoms with van der Waals surface area (Å²) in [5.41, 5.74) is 0.482. The summed E-state index contributed by atoms with van der Waals surface area (Å²) in [5, 5.41) is 3.13. The van der Waals surface area contributed by atoms with E-state index in [1.54, 1.807) is 25.8 Å². The van der Waals surface area contributed by atoms with Crippen LogP contribution >= 0.6 is 0 Å². The maximum absolute atomic E-state index is 13.7. The van der Waals surface area contributed by atoms with Gasteiger partial charge in [0.1, 0.15) is 6.04 Å². The lowest BCUT2D eigenvalue weighted by atomic mass is 9.93. The lowest BCUT2D eigenvalue weighted by Gasteiger charge is -2.40. The van der Waals surface area contributed by atoms with Gasteiger partial charge in [0.2, 0.25) is 11.8 Å². The third kappa shape index (κ3) is 8.10. The van der Waals surface area contributed by atoms with Crippen LogP contribution in [0, 0.1) is 11.8 Å². The van der Waals surface area contributed by atoms with Gasteiger partial charge in [-0.2, -0.15) is 0 Å². The number of carbonyl (C=O) groups is 3. The van der Waals surface area contributed by atoms with Gasteiger partial charge in [-0.1, -0.05) is 53.5 Å². The summed E-state index contributed by atoms with van der Waals surface area (Å²) in [5.74, 6) is -0.469. The van der Waals surface area contributed by atoms with Crippen LogP contribution in [0.4, 0.5) is 0 Å². The second-order valence-electron chi connectivity index (χ2n) is 10.1. The van der Waals surface area contributed by atoms with Crippen LogP contribution in [0.25, 0.3) is 0 Å². The average Bonchev–Trinajstić information content (AvgIpc) is 2.83. The average molecular weight is 480 g/mol. The molecular weight excluding hydrogens is 430 g/mol. The van der Waals surface area contributed by atoms with Crippen molar-refractivity contribution in [1.82, 2.24) is 15.1 Å². The van der Waals surface area contributed by atoms with E-state index in [2.05, 4.69) is 24.1 Å². The SMILES string of the molecule is CCOC(=O)/C(C)=C/[C@H](C(C)C)N(C)C(=O)C(NC(=O)[C@H]1CCCCN1C(C)CC)C(C)CC. The van der Waals surface area contributed by atoms with Crippen molar-refractivity contribution in [2.24, 2.45) is 11.8 Å². The fourth-order valence-corrected chi connectivity index (χ4v) is 4.62. The Morgan fingerprint density at radius 3 is 2.26 bits per heavy atom. The van der Waals surface area contributed by atoms with E-state index in [0.717, 1.165) is 38.6 Å². The lowest BCUT2D eigenvalue weighted by Crippen LogP contribution is -2.59. The minimum Gasteiger partial charge on any atom is -0.463 e. The van der Waals surface area contributed by atoms with Crippen LogP contribution in [0.3, 0.4) is 0 Å². The number of hydrogen-bond donors (Lipinski definition) is 1. The molecule has 0 aliphatic carbocycles. The number of piperidine rings is 1. The van der Waals surface area contributed by atoms with Gasteiger partial charge in [-0.05, 0) is 58.4 Å². The maximum atomic E-state index is 13.7. The van der Waals surface area contributed by atoms with Crippen LogP contribution in [-0.2, 0) is 19.1 Å². The van der Waals surface area contributed by atoms with Crippen LogP contribution in [0.2, 0.25) is 0 Å². The molecule has 1 N–H and O–H groups in total. The number of hydrogen-bond acceptors (Lipinski definition) is 5. The number of likely N-dealkylation sites (N-methyl/N-ethyl adjacent to an activating group) is 1. The number of nitrogens with zero attached hydrogens (tertiary/aromatic N) is 2. The molecule has 2 amide bonds. The zero-order chi connectivity index (χ0) is 26.0. The molecule has 1 saturated heterocycles. The van der Waals surface area contributed by atoms with Crippen molar-refractivity contribution in [1.29, 1.82) is 0 Å². The fourth-order valence-electron chi connectivity index (χ4n) is 4.62. The third-order valence-corrected chi connectivity index (χ3v) is 7.28. The van der Waals surface area contributed by atoms with E-state index < -0.39 is 6.04 Å². The van der Waals surface area contributed by atoms with Crippen molar-refractivity contribution in [2.45, 2.75) is 112 Å². The molecule has 196 valence electrons. The Morgan fingerprint density at radius 1 is 1.09 bits per heavy atom. The molecule has 7 nitrogen and oxygen atoms in total. The first kappa shape index (κ1) is 30.1. The van der Waals surface area contributed by atoms with Crippen LogP contribution in [0.5, 0.6) is 0 Å². The van der Waals surface area contributed by atoms with Gasteiger partial charge in [0.15, 0.2) is 0 Å². The highest BCUT2D eigenvalue weighted by Gasteiger charge is 2.36. The monoisotopic (exact) mass is 479 g/mol. The number of rotatable bonds is 12. The molecule has 1 rings (SSSR count). The molecule has 0 aromatic heterocycles. The fraction of sp³-hybridized carbons (Fsp3) is 0.815. The summed E-state index contributed by atoms with van der Waals surface area (Å²) in [6.07, 6.45) is 6.52. The van der Waals surface area contributed by atoms with Gasteiger partial charge >= 0.3 is 5.97 Å². The second-order valence-corrected chi connectivity index (χ2v) is 10.1. The topological polar surface area (TPSA) is 79.0 Å². The van der Waals surface area contributed by atoms with Crippen molar-refractivity contribution < 1.29 is 19.1 Å². The van der Waals surface area contributed by atoms with Gasteiger partial charge in [0, 0.05) is 18.7 Å². The first-order valence-corrected chi connectivity index (χ1v) is 13.2. The van der Waals surface area contributed by atoms with E-state index in [-0.39, 0.29) is 41.7 Å². The van der Waals surface area contributed by atoms with Crippen molar-refractivity contribution in [3.05, 3.63) is 11.6 Å². The van der Waals surface area contributed by atoms with Crippen LogP contribution < -0.4 is 5.32 Å². The molecule has 0 bridgehead atoms. The van der Waals surface area contributed by atoms with Gasteiger partial charge in [-0.25, -0.2) is 4.79 Å². The molecule has 0 aromatic carbocycles. The zero-order valence-electron chi connectivity index (χ0n) is 23.0. The third-order valence-electron chi connectivity index (χ3n) is 7.28. The number of ether oxygens (including phenoxy) is 1. The van der Waals surface area contributed by atoms with E-state index in [4.69, 9.17) is 4.74 Å². The molecule has 0 radical (unpaired) electrons. The van der Waals surface area contributed by atoms with Crippen molar-refractivity contribution >= 4 is 17.8 Å². The summed E-state index contributed by atoms with van der Waals surface area (Å²) >= 11 is 0. The molecule has 7 heteroatoms. The smallest absolute Gasteiger partial charge is 0.333 e. The first-order valence-electron chi connectivity index (χ1n) is 13.2. The summed E-state index contributed by atoms with van der Waals surface area (Å²) in [6.45, 7) is 17.1. The van der Waals surface area contributed by atoms with E-state index in [1.165, 1.54) is 0 Å². The standard InChI is InChI=1S/C27H49N3O4/c1-10-19(6)24(28-25(31)22-15-13-14-16-30(22)21(8)11-2)26(32)29(9)23(18(4)5)17-20(7)27(33)34-12-3/h17-19,21-24H,10-16H2,1-9H3,(H,28,31)/b20-17+/t19?,21?,22-,23-,24?/m1/s1. The predicted octanol–water partition coefficient (Wildman–Crippen LogP) is 4.16. The van der Waals surface area contributed by atoms with E-state index in [1.807, 2.05) is 33.8 Å². The Labute approximate surface area is 207 Å². The Balaban J connectivity index is 3.13. The summed E-state index contributed by atoms with van der Waals surface area (Å²) in [7, 11) is 1.76. The van der Waals surface area contributed by atoms with Gasteiger partial charge in [0.25, 0.3) is 0 Å². The molecular formula is C27H49N3O4. The zero-order valence-corrected chi connectivity index (χ0v) is 23.0. The number of carbonyl (C=O) groups excluding carboxylic acids is 3. The molecule has 5 atom stereocenters. The largest absolute Gasteiger partial charge is 0.463 e. The number of likely N-dealkylation sites (tertiary alicyclic amines) is 1. The highest BCUT2D eigenvalue weighted by molar-refractivity contribution is 5.91. The number of amides is 2. The molecule has 3 unspecified atom stereocenters. The molecule has 1 fully saturated rings. The van der Waals surface area contributed by atoms with E-state index >= 15 is 0 Å². The highest BCUT2D eigenvalue weighted by atomic mass is 16.5. The second kappa shape index (κ2) is 14.5. The molecule has 1 heterocycles. The number of esters is 1. The molecule has 1 aliphatic rings. The highest BCUT2D eigenvalue weighted by Crippen LogP contribution is 2.23. The normalized spacial score (nSPS) is 20.9. The molecule has 1 aliphatic heterocycles. The van der Waals surface area contributed by atoms with Crippen molar-refractivity contribution in [3.8, 4) is 0 Å². The minimum absolute atomic E-state index is 0.0116. The Kier molecular flexibility index (Phi) is 12.9. The summed E-state index contributed by atoms with van der Waals surface area (Å²) < 4.78 is 5.11. The predicted molar refractivity (Wildman–Crippen MR) is 137 cm³/mol. The van der Waals surface area contributed by atoms with E-state index in [0.29, 0.717) is 18.2 Å². The van der Waals surface area contributed by atoms with Crippen LogP contribution in [0.15, 0.2) is 11.6 Å². The quantitative estimate of drug-likeness (QED) is 0.336. The minimum atomic E-state index is -0.610. The van der Waals surface area contributed by atoms with Gasteiger partial charge in [-0.3, -0.25) is 14.5 Å². The van der Waals surface area contributed by atoms with Crippen molar-refractivity contribution in [3.63, 3.8) is 0 Å². The van der Waals surface area contributed by atoms with Crippen LogP contribution in [-0.4, -0.2) is 72.0 Å².